The highest BCUT2D eigenvalue weighted by Gasteiger charge is 2.16. The summed E-state index contributed by atoms with van der Waals surface area (Å²) in [6, 6.07) is 50.8. The lowest BCUT2D eigenvalue weighted by Crippen LogP contribution is -1.94. The predicted octanol–water partition coefficient (Wildman–Crippen LogP) is 12.2. The van der Waals surface area contributed by atoms with E-state index >= 15 is 0 Å². The first kappa shape index (κ1) is 25.1. The van der Waals surface area contributed by atoms with E-state index in [1.807, 2.05) is 28.9 Å². The molecule has 0 aliphatic rings. The molecule has 4 heterocycles. The molecule has 45 heavy (non-hydrogen) atoms. The molecule has 0 fully saturated rings. The highest BCUT2D eigenvalue weighted by Crippen LogP contribution is 2.42. The van der Waals surface area contributed by atoms with Gasteiger partial charge in [-0.15, -0.1) is 22.7 Å². The first-order valence-corrected chi connectivity index (χ1v) is 16.8. The summed E-state index contributed by atoms with van der Waals surface area (Å²) in [5.74, 6) is 0. The molecular weight excluding hydrogens is 585 g/mol. The third kappa shape index (κ3) is 3.77. The number of thiophene rings is 2. The minimum absolute atomic E-state index is 1.00. The number of benzene rings is 6. The number of nitrogens with zero attached hydrogens (tertiary/aromatic N) is 2. The first-order valence-electron chi connectivity index (χ1n) is 15.1. The number of rotatable bonds is 3. The summed E-state index contributed by atoms with van der Waals surface area (Å²) >= 11 is 3.72. The summed E-state index contributed by atoms with van der Waals surface area (Å²) in [7, 11) is 0. The van der Waals surface area contributed by atoms with Crippen LogP contribution in [0.15, 0.2) is 146 Å². The predicted molar refractivity (Wildman–Crippen MR) is 195 cm³/mol. The van der Waals surface area contributed by atoms with Gasteiger partial charge < -0.3 is 4.57 Å². The average Bonchev–Trinajstić information content (AvgIpc) is 3.77. The lowest BCUT2D eigenvalue weighted by atomic mass is 10.0. The van der Waals surface area contributed by atoms with E-state index in [2.05, 4.69) is 144 Å². The smallest absolute Gasteiger partial charge is 0.0716 e. The van der Waals surface area contributed by atoms with Crippen molar-refractivity contribution in [3.63, 3.8) is 0 Å². The van der Waals surface area contributed by atoms with Gasteiger partial charge in [-0.1, -0.05) is 91.0 Å². The maximum Gasteiger partial charge on any atom is 0.0716 e. The number of fused-ring (bicyclic) bond motifs is 9. The van der Waals surface area contributed by atoms with Gasteiger partial charge in [-0.05, 0) is 59.7 Å². The molecule has 4 aromatic heterocycles. The Labute approximate surface area is 267 Å². The zero-order valence-corrected chi connectivity index (χ0v) is 25.7. The Morgan fingerprint density at radius 1 is 0.444 bits per heavy atom. The topological polar surface area (TPSA) is 17.8 Å². The molecule has 0 unspecified atom stereocenters. The number of hydrogen-bond donors (Lipinski definition) is 0. The van der Waals surface area contributed by atoms with Gasteiger partial charge >= 0.3 is 0 Å². The van der Waals surface area contributed by atoms with Crippen LogP contribution in [0.2, 0.25) is 0 Å². The number of pyridine rings is 1. The van der Waals surface area contributed by atoms with Gasteiger partial charge in [0.15, 0.2) is 0 Å². The quantitative estimate of drug-likeness (QED) is 0.195. The lowest BCUT2D eigenvalue weighted by Gasteiger charge is -2.10. The molecule has 0 N–H and O–H groups in total. The maximum atomic E-state index is 4.87. The largest absolute Gasteiger partial charge is 0.309 e. The molecule has 6 aromatic carbocycles. The van der Waals surface area contributed by atoms with Crippen LogP contribution in [-0.4, -0.2) is 9.55 Å². The molecule has 0 atom stereocenters. The van der Waals surface area contributed by atoms with Crippen LogP contribution in [0.4, 0.5) is 0 Å². The Balaban J connectivity index is 1.10. The monoisotopic (exact) mass is 608 g/mol. The van der Waals surface area contributed by atoms with Crippen LogP contribution in [0.5, 0.6) is 0 Å². The molecule has 0 saturated carbocycles. The Morgan fingerprint density at radius 2 is 1.11 bits per heavy atom. The van der Waals surface area contributed by atoms with E-state index in [-0.39, 0.29) is 0 Å². The third-order valence-corrected chi connectivity index (χ3v) is 11.4. The van der Waals surface area contributed by atoms with Crippen LogP contribution in [0, 0.1) is 0 Å². The maximum absolute atomic E-state index is 4.87. The molecule has 10 aromatic rings. The molecule has 0 radical (unpaired) electrons. The van der Waals surface area contributed by atoms with Gasteiger partial charge in [0, 0.05) is 68.6 Å². The van der Waals surface area contributed by atoms with Crippen LogP contribution >= 0.6 is 22.7 Å². The Hall–Kier alpha value is -5.29. The van der Waals surface area contributed by atoms with Gasteiger partial charge in [0.2, 0.25) is 0 Å². The standard InChI is InChI=1S/C41H24N2S2/c1-4-13-36-29(8-1)33-22-26(28-11-7-12-32-30-9-2-6-15-39(30)45-41(28)32)18-21-37(33)43(36)27-19-16-25(17-20-27)35-23-40-34(24-42-35)31-10-3-5-14-38(31)44-40/h1-24H. The minimum Gasteiger partial charge on any atom is -0.309 e. The highest BCUT2D eigenvalue weighted by molar-refractivity contribution is 7.26. The van der Waals surface area contributed by atoms with E-state index in [1.54, 1.807) is 0 Å². The van der Waals surface area contributed by atoms with Crippen molar-refractivity contribution in [1.29, 1.82) is 0 Å². The second kappa shape index (κ2) is 9.60. The molecule has 0 aliphatic heterocycles. The SMILES string of the molecule is c1ccc2c(c1)sc1cc(-c3ccc(-n4c5ccccc5c5cc(-c6cccc7c6sc6ccccc67)ccc54)cc3)ncc12. The fourth-order valence-corrected chi connectivity index (χ4v) is 9.31. The summed E-state index contributed by atoms with van der Waals surface area (Å²) in [4.78, 5) is 4.87. The van der Waals surface area contributed by atoms with Crippen molar-refractivity contribution in [2.45, 2.75) is 0 Å². The molecule has 0 aliphatic carbocycles. The lowest BCUT2D eigenvalue weighted by molar-refractivity contribution is 1.18. The molecule has 0 spiro atoms. The first-order chi connectivity index (χ1) is 22.3. The van der Waals surface area contributed by atoms with Gasteiger partial charge in [0.05, 0.1) is 16.7 Å². The molecule has 0 bridgehead atoms. The van der Waals surface area contributed by atoms with E-state index in [1.165, 1.54) is 73.3 Å². The minimum atomic E-state index is 1.00. The van der Waals surface area contributed by atoms with Gasteiger partial charge in [-0.25, -0.2) is 0 Å². The Bertz CT molecular complexity index is 2760. The van der Waals surface area contributed by atoms with Gasteiger partial charge in [-0.2, -0.15) is 0 Å². The second-order valence-corrected chi connectivity index (χ2v) is 13.7. The average molecular weight is 609 g/mol. The second-order valence-electron chi connectivity index (χ2n) is 11.6. The van der Waals surface area contributed by atoms with E-state index in [0.717, 1.165) is 16.9 Å². The summed E-state index contributed by atoms with van der Waals surface area (Å²) < 4.78 is 7.65. The summed E-state index contributed by atoms with van der Waals surface area (Å²) in [6.45, 7) is 0. The van der Waals surface area contributed by atoms with Crippen molar-refractivity contribution in [3.05, 3.63) is 146 Å². The van der Waals surface area contributed by atoms with Crippen molar-refractivity contribution in [2.75, 3.05) is 0 Å². The zero-order chi connectivity index (χ0) is 29.5. The molecule has 10 rings (SSSR count). The van der Waals surface area contributed by atoms with Crippen LogP contribution in [-0.2, 0) is 0 Å². The third-order valence-electron chi connectivity index (χ3n) is 9.07. The molecule has 2 nitrogen and oxygen atoms in total. The molecule has 0 amide bonds. The molecule has 0 saturated heterocycles. The van der Waals surface area contributed by atoms with Crippen molar-refractivity contribution in [3.8, 4) is 28.1 Å². The van der Waals surface area contributed by atoms with E-state index < -0.39 is 0 Å². The van der Waals surface area contributed by atoms with Crippen LogP contribution in [0.3, 0.4) is 0 Å². The van der Waals surface area contributed by atoms with Gasteiger partial charge in [-0.3, -0.25) is 4.98 Å². The fraction of sp³-hybridized carbons (Fsp3) is 0. The number of hydrogen-bond acceptors (Lipinski definition) is 3. The summed E-state index contributed by atoms with van der Waals surface area (Å²) in [5.41, 5.74) is 8.23. The van der Waals surface area contributed by atoms with E-state index in [9.17, 15) is 0 Å². The zero-order valence-electron chi connectivity index (χ0n) is 24.1. The molecule has 4 heteroatoms. The van der Waals surface area contributed by atoms with Crippen molar-refractivity contribution >= 4 is 84.8 Å². The van der Waals surface area contributed by atoms with Gasteiger partial charge in [0.25, 0.3) is 0 Å². The summed E-state index contributed by atoms with van der Waals surface area (Å²) in [5, 5.41) is 7.70. The van der Waals surface area contributed by atoms with Crippen LogP contribution < -0.4 is 0 Å². The Morgan fingerprint density at radius 3 is 1.96 bits per heavy atom. The van der Waals surface area contributed by atoms with E-state index in [0.29, 0.717) is 0 Å². The van der Waals surface area contributed by atoms with Crippen LogP contribution in [0.25, 0.3) is 90.2 Å². The molecule has 210 valence electrons. The normalized spacial score (nSPS) is 12.0. The molecular formula is C41H24N2S2. The van der Waals surface area contributed by atoms with Crippen molar-refractivity contribution in [1.82, 2.24) is 9.55 Å². The van der Waals surface area contributed by atoms with Crippen molar-refractivity contribution in [2.24, 2.45) is 0 Å². The number of aromatic nitrogens is 2. The fourth-order valence-electron chi connectivity index (χ4n) is 6.95. The highest BCUT2D eigenvalue weighted by atomic mass is 32.1. The van der Waals surface area contributed by atoms with E-state index in [4.69, 9.17) is 4.98 Å². The van der Waals surface area contributed by atoms with Gasteiger partial charge in [0.1, 0.15) is 0 Å². The van der Waals surface area contributed by atoms with Crippen molar-refractivity contribution < 1.29 is 0 Å². The van der Waals surface area contributed by atoms with Crippen LogP contribution in [0.1, 0.15) is 0 Å². The number of para-hydroxylation sites is 1. The summed E-state index contributed by atoms with van der Waals surface area (Å²) in [6.07, 6.45) is 2.03. The Kier molecular flexibility index (Phi) is 5.35.